The normalized spacial score (nSPS) is 10.9. The molecule has 4 rings (SSSR count). The van der Waals surface area contributed by atoms with Crippen molar-refractivity contribution < 1.29 is 9.59 Å². The summed E-state index contributed by atoms with van der Waals surface area (Å²) in [5.74, 6) is -0.905. The Morgan fingerprint density at radius 1 is 1.13 bits per heavy atom. The lowest BCUT2D eigenvalue weighted by Gasteiger charge is -2.09. The first-order valence-electron chi connectivity index (χ1n) is 9.01. The number of rotatable bonds is 6. The fourth-order valence-electron chi connectivity index (χ4n) is 2.88. The first-order valence-corrected chi connectivity index (χ1v) is 9.81. The van der Waals surface area contributed by atoms with E-state index in [4.69, 9.17) is 0 Å². The summed E-state index contributed by atoms with van der Waals surface area (Å²) in [6.07, 6.45) is 4.26. The van der Waals surface area contributed by atoms with Crippen molar-refractivity contribution in [3.8, 4) is 5.69 Å². The number of aromatic nitrogens is 7. The van der Waals surface area contributed by atoms with E-state index >= 15 is 0 Å². The highest BCUT2D eigenvalue weighted by Gasteiger charge is 2.15. The summed E-state index contributed by atoms with van der Waals surface area (Å²) in [6.45, 7) is -0.520. The molecule has 0 atom stereocenters. The molecule has 0 aliphatic rings. The molecule has 0 fully saturated rings. The van der Waals surface area contributed by atoms with Gasteiger partial charge in [0.2, 0.25) is 11.8 Å². The molecular formula is C18H16BrN9O3. The third-order valence-electron chi connectivity index (χ3n) is 4.36. The lowest BCUT2D eigenvalue weighted by molar-refractivity contribution is -0.124. The number of anilines is 1. The molecule has 0 spiro atoms. The number of hydrogen-bond donors (Lipinski definition) is 2. The van der Waals surface area contributed by atoms with Crippen molar-refractivity contribution in [3.63, 3.8) is 0 Å². The second kappa shape index (κ2) is 8.47. The zero-order valence-electron chi connectivity index (χ0n) is 16.2. The zero-order chi connectivity index (χ0) is 22.0. The van der Waals surface area contributed by atoms with Crippen molar-refractivity contribution in [1.29, 1.82) is 0 Å². The molecule has 2 N–H and O–H groups in total. The number of carbonyl (C=O) groups excluding carboxylic acids is 2. The van der Waals surface area contributed by atoms with Crippen molar-refractivity contribution in [2.75, 3.05) is 11.9 Å². The van der Waals surface area contributed by atoms with Crippen LogP contribution in [0.15, 0.2) is 52.6 Å². The van der Waals surface area contributed by atoms with Gasteiger partial charge < -0.3 is 10.6 Å². The van der Waals surface area contributed by atoms with E-state index in [9.17, 15) is 14.4 Å². The van der Waals surface area contributed by atoms with Gasteiger partial charge in [0.15, 0.2) is 5.65 Å². The molecule has 31 heavy (non-hydrogen) atoms. The highest BCUT2D eigenvalue weighted by molar-refractivity contribution is 9.10. The molecule has 0 unspecified atom stereocenters. The van der Waals surface area contributed by atoms with Crippen LogP contribution >= 0.6 is 15.9 Å². The van der Waals surface area contributed by atoms with Crippen LogP contribution in [-0.4, -0.2) is 52.5 Å². The van der Waals surface area contributed by atoms with E-state index in [2.05, 4.69) is 46.7 Å². The predicted molar refractivity (Wildman–Crippen MR) is 113 cm³/mol. The average molecular weight is 486 g/mol. The monoisotopic (exact) mass is 485 g/mol. The van der Waals surface area contributed by atoms with Gasteiger partial charge in [-0.1, -0.05) is 0 Å². The number of amides is 2. The van der Waals surface area contributed by atoms with Gasteiger partial charge in [-0.05, 0) is 40.2 Å². The van der Waals surface area contributed by atoms with Crippen molar-refractivity contribution in [1.82, 2.24) is 39.4 Å². The molecule has 4 aromatic rings. The Labute approximate surface area is 183 Å². The molecule has 158 valence electrons. The average Bonchev–Trinajstić information content (AvgIpc) is 3.38. The third-order valence-corrected chi connectivity index (χ3v) is 4.92. The number of fused-ring (bicyclic) bond motifs is 1. The molecule has 0 bridgehead atoms. The molecule has 0 aliphatic carbocycles. The van der Waals surface area contributed by atoms with Gasteiger partial charge in [0, 0.05) is 12.7 Å². The summed E-state index contributed by atoms with van der Waals surface area (Å²) in [5, 5.41) is 13.6. The lowest BCUT2D eigenvalue weighted by Crippen LogP contribution is -2.37. The standard InChI is InChI=1S/C18H16BrN9O3/c1-26-17-15(16(19)25-26)18(31)27(10-22-17)7-14(30)21-6-13(29)24-11-2-4-12(5-3-11)28-9-20-8-23-28/h2-5,8-10H,6-7H2,1H3,(H,21,30)(H,24,29). The van der Waals surface area contributed by atoms with E-state index in [1.54, 1.807) is 42.3 Å². The van der Waals surface area contributed by atoms with Crippen LogP contribution in [0.3, 0.4) is 0 Å². The second-order valence-corrected chi connectivity index (χ2v) is 7.25. The van der Waals surface area contributed by atoms with Crippen molar-refractivity contribution in [2.24, 2.45) is 7.05 Å². The number of hydrogen-bond acceptors (Lipinski definition) is 7. The fraction of sp³-hybridized carbons (Fsp3) is 0.167. The lowest BCUT2D eigenvalue weighted by atomic mass is 10.3. The molecule has 2 amide bonds. The fourth-order valence-corrected chi connectivity index (χ4v) is 3.47. The molecule has 0 saturated carbocycles. The Kier molecular flexibility index (Phi) is 5.58. The summed E-state index contributed by atoms with van der Waals surface area (Å²) in [6, 6.07) is 6.97. The maximum absolute atomic E-state index is 12.6. The summed E-state index contributed by atoms with van der Waals surface area (Å²) in [7, 11) is 1.66. The highest BCUT2D eigenvalue weighted by atomic mass is 79.9. The third kappa shape index (κ3) is 4.35. The molecule has 3 heterocycles. The van der Waals surface area contributed by atoms with Crippen LogP contribution in [0.2, 0.25) is 0 Å². The number of benzene rings is 1. The van der Waals surface area contributed by atoms with Crippen molar-refractivity contribution in [3.05, 3.63) is 58.2 Å². The topological polar surface area (TPSA) is 142 Å². The van der Waals surface area contributed by atoms with E-state index in [1.165, 1.54) is 17.3 Å². The largest absolute Gasteiger partial charge is 0.345 e. The maximum Gasteiger partial charge on any atom is 0.266 e. The number of halogens is 1. The van der Waals surface area contributed by atoms with Crippen LogP contribution in [0.5, 0.6) is 0 Å². The second-order valence-electron chi connectivity index (χ2n) is 6.50. The number of aryl methyl sites for hydroxylation is 1. The minimum Gasteiger partial charge on any atom is -0.345 e. The quantitative estimate of drug-likeness (QED) is 0.397. The Morgan fingerprint density at radius 2 is 1.90 bits per heavy atom. The SMILES string of the molecule is Cn1nc(Br)c2c(=O)n(CC(=O)NCC(=O)Nc3ccc(-n4cncn4)cc3)cnc21. The number of nitrogens with one attached hydrogen (secondary N) is 2. The smallest absolute Gasteiger partial charge is 0.266 e. The summed E-state index contributed by atoms with van der Waals surface area (Å²) < 4.78 is 4.56. The van der Waals surface area contributed by atoms with E-state index in [0.29, 0.717) is 15.9 Å². The van der Waals surface area contributed by atoms with Gasteiger partial charge >= 0.3 is 0 Å². The summed E-state index contributed by atoms with van der Waals surface area (Å²) >= 11 is 3.22. The molecule has 3 aromatic heterocycles. The van der Waals surface area contributed by atoms with Gasteiger partial charge in [-0.25, -0.2) is 19.3 Å². The molecule has 0 saturated heterocycles. The van der Waals surface area contributed by atoms with E-state index in [-0.39, 0.29) is 18.5 Å². The van der Waals surface area contributed by atoms with Gasteiger partial charge in [-0.15, -0.1) is 0 Å². The van der Waals surface area contributed by atoms with E-state index in [0.717, 1.165) is 10.3 Å². The van der Waals surface area contributed by atoms with E-state index < -0.39 is 17.4 Å². The number of nitrogens with zero attached hydrogens (tertiary/aromatic N) is 7. The first kappa shape index (κ1) is 20.4. The van der Waals surface area contributed by atoms with Gasteiger partial charge in [-0.2, -0.15) is 10.2 Å². The van der Waals surface area contributed by atoms with Crippen LogP contribution in [0.4, 0.5) is 5.69 Å². The summed E-state index contributed by atoms with van der Waals surface area (Å²) in [4.78, 5) is 44.9. The van der Waals surface area contributed by atoms with Gasteiger partial charge in [0.05, 0.1) is 12.2 Å². The Hall–Kier alpha value is -3.87. The predicted octanol–water partition coefficient (Wildman–Crippen LogP) is 0.228. The zero-order valence-corrected chi connectivity index (χ0v) is 17.8. The van der Waals surface area contributed by atoms with Crippen LogP contribution in [0.1, 0.15) is 0 Å². The first-order chi connectivity index (χ1) is 14.9. The highest BCUT2D eigenvalue weighted by Crippen LogP contribution is 2.16. The number of carbonyl (C=O) groups is 2. The van der Waals surface area contributed by atoms with Crippen LogP contribution in [-0.2, 0) is 23.2 Å². The van der Waals surface area contributed by atoms with Gasteiger partial charge in [-0.3, -0.25) is 19.0 Å². The van der Waals surface area contributed by atoms with E-state index in [1.807, 2.05) is 0 Å². The molecule has 0 radical (unpaired) electrons. The van der Waals surface area contributed by atoms with Crippen molar-refractivity contribution >= 4 is 44.5 Å². The Morgan fingerprint density at radius 3 is 2.61 bits per heavy atom. The molecule has 12 nitrogen and oxygen atoms in total. The minimum absolute atomic E-state index is 0.245. The molecule has 0 aliphatic heterocycles. The van der Waals surface area contributed by atoms with Gasteiger partial charge in [0.1, 0.15) is 35.5 Å². The molecule has 13 heteroatoms. The minimum atomic E-state index is -0.500. The van der Waals surface area contributed by atoms with Crippen molar-refractivity contribution in [2.45, 2.75) is 6.54 Å². The molecular weight excluding hydrogens is 470 g/mol. The molecule has 1 aromatic carbocycles. The Balaban J connectivity index is 1.33. The summed E-state index contributed by atoms with van der Waals surface area (Å²) in [5.41, 5.74) is 1.36. The van der Waals surface area contributed by atoms with Crippen LogP contribution < -0.4 is 16.2 Å². The van der Waals surface area contributed by atoms with Gasteiger partial charge in [0.25, 0.3) is 5.56 Å². The maximum atomic E-state index is 12.6. The van der Waals surface area contributed by atoms with Crippen LogP contribution in [0.25, 0.3) is 16.7 Å². The Bertz CT molecular complexity index is 1310. The van der Waals surface area contributed by atoms with Crippen LogP contribution in [0, 0.1) is 0 Å².